The first kappa shape index (κ1) is 17.6. The van der Waals surface area contributed by atoms with E-state index in [1.54, 1.807) is 0 Å². The van der Waals surface area contributed by atoms with Gasteiger partial charge in [0, 0.05) is 38.4 Å². The highest BCUT2D eigenvalue weighted by Crippen LogP contribution is 2.41. The Bertz CT molecular complexity index is 582. The molecular weight excluding hydrogens is 284 g/mol. The Kier molecular flexibility index (Phi) is 5.18. The van der Waals surface area contributed by atoms with Crippen LogP contribution in [0.1, 0.15) is 39.7 Å². The third kappa shape index (κ3) is 3.77. The van der Waals surface area contributed by atoms with E-state index in [1.807, 2.05) is 14.1 Å². The number of rotatable bonds is 5. The lowest BCUT2D eigenvalue weighted by Crippen LogP contribution is -2.38. The summed E-state index contributed by atoms with van der Waals surface area (Å²) in [4.78, 5) is 16.4. The number of hydrogen-bond acceptors (Lipinski definition) is 3. The predicted octanol–water partition coefficient (Wildman–Crippen LogP) is 4.05. The number of nitrogens with zero attached hydrogens (tertiary/aromatic N) is 2. The van der Waals surface area contributed by atoms with Gasteiger partial charge in [0.2, 0.25) is 0 Å². The van der Waals surface area contributed by atoms with Crippen LogP contribution in [0.25, 0.3) is 5.70 Å². The van der Waals surface area contributed by atoms with E-state index < -0.39 is 0 Å². The standard InChI is InChI=1S/C20H30N2O/c1-15(2)13-22-12-11-20(3,4)18(14-23)19(22)16-7-9-17(10-8-16)21(5)6/h7-10,14-15H,11-13H2,1-6H3. The van der Waals surface area contributed by atoms with Gasteiger partial charge < -0.3 is 9.80 Å². The summed E-state index contributed by atoms with van der Waals surface area (Å²) in [6, 6.07) is 8.53. The van der Waals surface area contributed by atoms with Crippen LogP contribution in [0.4, 0.5) is 5.69 Å². The molecule has 126 valence electrons. The summed E-state index contributed by atoms with van der Waals surface area (Å²) in [6.45, 7) is 10.8. The smallest absolute Gasteiger partial charge is 0.148 e. The van der Waals surface area contributed by atoms with Crippen molar-refractivity contribution >= 4 is 17.7 Å². The lowest BCUT2D eigenvalue weighted by Gasteiger charge is -2.41. The lowest BCUT2D eigenvalue weighted by atomic mass is 9.76. The molecule has 0 unspecified atom stereocenters. The summed E-state index contributed by atoms with van der Waals surface area (Å²) < 4.78 is 0. The van der Waals surface area contributed by atoms with Crippen LogP contribution in [0, 0.1) is 11.3 Å². The topological polar surface area (TPSA) is 23.6 Å². The molecule has 0 atom stereocenters. The molecule has 0 spiro atoms. The largest absolute Gasteiger partial charge is 0.378 e. The van der Waals surface area contributed by atoms with Crippen LogP contribution < -0.4 is 4.90 Å². The molecule has 0 aromatic heterocycles. The molecule has 0 aliphatic carbocycles. The molecule has 0 fully saturated rings. The third-order valence-corrected chi connectivity index (χ3v) is 4.67. The van der Waals surface area contributed by atoms with E-state index in [0.717, 1.165) is 42.6 Å². The second-order valence-corrected chi connectivity index (χ2v) is 7.80. The fraction of sp³-hybridized carbons (Fsp3) is 0.550. The van der Waals surface area contributed by atoms with Crippen LogP contribution >= 0.6 is 0 Å². The van der Waals surface area contributed by atoms with Crippen LogP contribution in [0.5, 0.6) is 0 Å². The molecule has 0 radical (unpaired) electrons. The van der Waals surface area contributed by atoms with Crippen molar-refractivity contribution in [2.75, 3.05) is 32.1 Å². The summed E-state index contributed by atoms with van der Waals surface area (Å²) in [5.41, 5.74) is 4.31. The van der Waals surface area contributed by atoms with Gasteiger partial charge in [-0.1, -0.05) is 39.8 Å². The van der Waals surface area contributed by atoms with E-state index in [2.05, 4.69) is 61.8 Å². The first-order valence-electron chi connectivity index (χ1n) is 8.49. The summed E-state index contributed by atoms with van der Waals surface area (Å²) in [5.74, 6) is 0.570. The van der Waals surface area contributed by atoms with Crippen LogP contribution in [0.15, 0.2) is 29.8 Å². The minimum atomic E-state index is -0.0647. The number of carbonyl (C=O) groups excluding carboxylic acids is 1. The maximum Gasteiger partial charge on any atom is 0.148 e. The van der Waals surface area contributed by atoms with Gasteiger partial charge in [0.25, 0.3) is 0 Å². The van der Waals surface area contributed by atoms with Crippen LogP contribution in [-0.2, 0) is 4.79 Å². The molecule has 0 bridgehead atoms. The first-order chi connectivity index (χ1) is 10.8. The number of carbonyl (C=O) groups is 1. The molecule has 0 amide bonds. The van der Waals surface area contributed by atoms with E-state index in [-0.39, 0.29) is 5.41 Å². The van der Waals surface area contributed by atoms with Crippen LogP contribution in [0.2, 0.25) is 0 Å². The van der Waals surface area contributed by atoms with Gasteiger partial charge in [-0.25, -0.2) is 0 Å². The van der Waals surface area contributed by atoms with Crippen molar-refractivity contribution in [3.63, 3.8) is 0 Å². The average molecular weight is 314 g/mol. The van der Waals surface area contributed by atoms with E-state index in [4.69, 9.17) is 0 Å². The van der Waals surface area contributed by atoms with E-state index >= 15 is 0 Å². The Labute approximate surface area is 141 Å². The molecule has 0 N–H and O–H groups in total. The maximum atomic E-state index is 11.9. The van der Waals surface area contributed by atoms with Crippen molar-refractivity contribution in [3.05, 3.63) is 35.4 Å². The van der Waals surface area contributed by atoms with Crippen LogP contribution in [-0.4, -0.2) is 38.4 Å². The van der Waals surface area contributed by atoms with Crippen molar-refractivity contribution in [1.82, 2.24) is 4.90 Å². The Morgan fingerprint density at radius 2 is 1.83 bits per heavy atom. The second kappa shape index (κ2) is 6.77. The van der Waals surface area contributed by atoms with Gasteiger partial charge in [-0.2, -0.15) is 0 Å². The van der Waals surface area contributed by atoms with Gasteiger partial charge >= 0.3 is 0 Å². The van der Waals surface area contributed by atoms with Gasteiger partial charge in [-0.05, 0) is 35.4 Å². The van der Waals surface area contributed by atoms with Gasteiger partial charge in [0.15, 0.2) is 0 Å². The SMILES string of the molecule is CC(C)CN1CCC(C)(C)C(C=O)=C1c1ccc(N(C)C)cc1. The van der Waals surface area contributed by atoms with E-state index in [1.165, 1.54) is 5.69 Å². The zero-order chi connectivity index (χ0) is 17.2. The zero-order valence-electron chi connectivity index (χ0n) is 15.4. The molecular formula is C20H30N2O. The average Bonchev–Trinajstić information content (AvgIpc) is 2.48. The molecule has 0 saturated heterocycles. The molecule has 2 rings (SSSR count). The summed E-state index contributed by atoms with van der Waals surface area (Å²) >= 11 is 0. The zero-order valence-corrected chi connectivity index (χ0v) is 15.4. The number of benzene rings is 1. The van der Waals surface area contributed by atoms with E-state index in [9.17, 15) is 4.79 Å². The second-order valence-electron chi connectivity index (χ2n) is 7.80. The molecule has 1 aromatic rings. The Balaban J connectivity index is 2.52. The quantitative estimate of drug-likeness (QED) is 0.766. The molecule has 23 heavy (non-hydrogen) atoms. The number of allylic oxidation sites excluding steroid dienone is 1. The molecule has 1 aliphatic heterocycles. The first-order valence-corrected chi connectivity index (χ1v) is 8.49. The van der Waals surface area contributed by atoms with Crippen molar-refractivity contribution in [2.24, 2.45) is 11.3 Å². The summed E-state index contributed by atoms with van der Waals surface area (Å²) in [6.07, 6.45) is 2.09. The van der Waals surface area contributed by atoms with E-state index in [0.29, 0.717) is 5.92 Å². The highest BCUT2D eigenvalue weighted by Gasteiger charge is 2.34. The summed E-state index contributed by atoms with van der Waals surface area (Å²) in [5, 5.41) is 0. The highest BCUT2D eigenvalue weighted by molar-refractivity contribution is 5.89. The van der Waals surface area contributed by atoms with Gasteiger partial charge in [0.1, 0.15) is 6.29 Å². The monoisotopic (exact) mass is 314 g/mol. The fourth-order valence-electron chi connectivity index (χ4n) is 3.25. The van der Waals surface area contributed by atoms with Crippen LogP contribution in [0.3, 0.4) is 0 Å². The Morgan fingerprint density at radius 3 is 2.30 bits per heavy atom. The Morgan fingerprint density at radius 1 is 1.22 bits per heavy atom. The molecule has 3 nitrogen and oxygen atoms in total. The summed E-state index contributed by atoms with van der Waals surface area (Å²) in [7, 11) is 4.08. The molecule has 0 saturated carbocycles. The van der Waals surface area contributed by atoms with Gasteiger partial charge in [0.05, 0.1) is 5.70 Å². The van der Waals surface area contributed by atoms with Gasteiger partial charge in [-0.3, -0.25) is 4.79 Å². The minimum absolute atomic E-state index is 0.0647. The highest BCUT2D eigenvalue weighted by atomic mass is 16.1. The lowest BCUT2D eigenvalue weighted by molar-refractivity contribution is -0.105. The number of hydrogen-bond donors (Lipinski definition) is 0. The van der Waals surface area contributed by atoms with Crippen molar-refractivity contribution < 1.29 is 4.79 Å². The predicted molar refractivity (Wildman–Crippen MR) is 98.6 cm³/mol. The fourth-order valence-corrected chi connectivity index (χ4v) is 3.25. The normalized spacial score (nSPS) is 17.6. The van der Waals surface area contributed by atoms with Crippen molar-refractivity contribution in [1.29, 1.82) is 0 Å². The van der Waals surface area contributed by atoms with Crippen molar-refractivity contribution in [2.45, 2.75) is 34.1 Å². The van der Waals surface area contributed by atoms with Crippen molar-refractivity contribution in [3.8, 4) is 0 Å². The molecule has 1 aromatic carbocycles. The molecule has 3 heteroatoms. The number of anilines is 1. The molecule has 1 heterocycles. The maximum absolute atomic E-state index is 11.9. The Hall–Kier alpha value is -1.77. The third-order valence-electron chi connectivity index (χ3n) is 4.67. The number of aldehydes is 1. The van der Waals surface area contributed by atoms with Gasteiger partial charge in [-0.15, -0.1) is 0 Å². The minimum Gasteiger partial charge on any atom is -0.378 e. The molecule has 1 aliphatic rings.